The van der Waals surface area contributed by atoms with Crippen LogP contribution in [0.15, 0.2) is 24.3 Å². The van der Waals surface area contributed by atoms with E-state index in [4.69, 9.17) is 11.6 Å². The van der Waals surface area contributed by atoms with E-state index in [9.17, 15) is 8.42 Å². The van der Waals surface area contributed by atoms with Crippen molar-refractivity contribution in [3.05, 3.63) is 29.3 Å². The van der Waals surface area contributed by atoms with Crippen molar-refractivity contribution in [2.45, 2.75) is 18.9 Å². The van der Waals surface area contributed by atoms with Crippen molar-refractivity contribution in [2.24, 2.45) is 0 Å². The zero-order valence-electron chi connectivity index (χ0n) is 8.82. The highest BCUT2D eigenvalue weighted by Gasteiger charge is 2.24. The molecule has 0 spiro atoms. The predicted octanol–water partition coefficient (Wildman–Crippen LogP) is 2.33. The SMILES string of the molecule is O=S1(=O)CCCC(Nc2ccc(Cl)cc2)C1. The van der Waals surface area contributed by atoms with Gasteiger partial charge in [-0.2, -0.15) is 0 Å². The molecule has 1 fully saturated rings. The van der Waals surface area contributed by atoms with E-state index in [0.29, 0.717) is 10.8 Å². The zero-order chi connectivity index (χ0) is 11.6. The van der Waals surface area contributed by atoms with Gasteiger partial charge in [0.1, 0.15) is 0 Å². The van der Waals surface area contributed by atoms with Crippen LogP contribution in [-0.4, -0.2) is 26.0 Å². The van der Waals surface area contributed by atoms with Gasteiger partial charge in [0.15, 0.2) is 9.84 Å². The zero-order valence-corrected chi connectivity index (χ0v) is 10.4. The van der Waals surface area contributed by atoms with Gasteiger partial charge >= 0.3 is 0 Å². The van der Waals surface area contributed by atoms with Crippen LogP contribution >= 0.6 is 11.6 Å². The Morgan fingerprint density at radius 1 is 1.25 bits per heavy atom. The lowest BCUT2D eigenvalue weighted by molar-refractivity contribution is 0.562. The highest BCUT2D eigenvalue weighted by molar-refractivity contribution is 7.91. The van der Waals surface area contributed by atoms with Gasteiger partial charge in [0.2, 0.25) is 0 Å². The van der Waals surface area contributed by atoms with E-state index < -0.39 is 9.84 Å². The number of sulfone groups is 1. The molecule has 1 atom stereocenters. The molecule has 1 aromatic rings. The Morgan fingerprint density at radius 2 is 1.94 bits per heavy atom. The number of hydrogen-bond donors (Lipinski definition) is 1. The summed E-state index contributed by atoms with van der Waals surface area (Å²) < 4.78 is 22.9. The van der Waals surface area contributed by atoms with Gasteiger partial charge in [-0.25, -0.2) is 8.42 Å². The third kappa shape index (κ3) is 3.12. The summed E-state index contributed by atoms with van der Waals surface area (Å²) in [5.74, 6) is 0.557. The van der Waals surface area contributed by atoms with Crippen molar-refractivity contribution < 1.29 is 8.42 Å². The van der Waals surface area contributed by atoms with Crippen LogP contribution in [0.5, 0.6) is 0 Å². The van der Waals surface area contributed by atoms with Crippen molar-refractivity contribution in [1.82, 2.24) is 0 Å². The maximum Gasteiger partial charge on any atom is 0.152 e. The first-order chi connectivity index (χ1) is 7.55. The molecule has 1 saturated heterocycles. The van der Waals surface area contributed by atoms with Gasteiger partial charge in [-0.1, -0.05) is 11.6 Å². The molecule has 3 nitrogen and oxygen atoms in total. The minimum atomic E-state index is -2.85. The molecule has 0 radical (unpaired) electrons. The van der Waals surface area contributed by atoms with Crippen LogP contribution in [0, 0.1) is 0 Å². The fourth-order valence-corrected chi connectivity index (χ4v) is 3.68. The molecule has 1 aromatic carbocycles. The summed E-state index contributed by atoms with van der Waals surface area (Å²) in [4.78, 5) is 0. The van der Waals surface area contributed by atoms with Gasteiger partial charge in [0, 0.05) is 16.8 Å². The number of anilines is 1. The molecule has 1 aliphatic rings. The molecule has 88 valence electrons. The average Bonchev–Trinajstić information content (AvgIpc) is 2.20. The molecule has 5 heteroatoms. The minimum absolute atomic E-state index is 0.0277. The summed E-state index contributed by atoms with van der Waals surface area (Å²) in [6, 6.07) is 7.34. The topological polar surface area (TPSA) is 46.2 Å². The van der Waals surface area contributed by atoms with Crippen LogP contribution in [-0.2, 0) is 9.84 Å². The first-order valence-electron chi connectivity index (χ1n) is 5.28. The molecular formula is C11H14ClNO2S. The molecule has 0 saturated carbocycles. The lowest BCUT2D eigenvalue weighted by atomic mass is 10.2. The quantitative estimate of drug-likeness (QED) is 0.887. The lowest BCUT2D eigenvalue weighted by Gasteiger charge is -2.23. The Balaban J connectivity index is 2.02. The third-order valence-corrected chi connectivity index (χ3v) is 4.75. The minimum Gasteiger partial charge on any atom is -0.381 e. The maximum atomic E-state index is 11.4. The van der Waals surface area contributed by atoms with E-state index in [1.165, 1.54) is 0 Å². The van der Waals surface area contributed by atoms with Crippen molar-refractivity contribution in [3.63, 3.8) is 0 Å². The second kappa shape index (κ2) is 4.63. The van der Waals surface area contributed by atoms with E-state index in [0.717, 1.165) is 18.5 Å². The van der Waals surface area contributed by atoms with Crippen LogP contribution < -0.4 is 5.32 Å². The lowest BCUT2D eigenvalue weighted by Crippen LogP contribution is -2.34. The van der Waals surface area contributed by atoms with Gasteiger partial charge in [-0.3, -0.25) is 0 Å². The summed E-state index contributed by atoms with van der Waals surface area (Å²) in [7, 11) is -2.85. The molecule has 1 unspecified atom stereocenters. The van der Waals surface area contributed by atoms with Crippen molar-refractivity contribution in [3.8, 4) is 0 Å². The average molecular weight is 260 g/mol. The molecule has 2 rings (SSSR count). The first-order valence-corrected chi connectivity index (χ1v) is 7.48. The number of halogens is 1. The maximum absolute atomic E-state index is 11.4. The molecule has 16 heavy (non-hydrogen) atoms. The molecule has 0 aliphatic carbocycles. The van der Waals surface area contributed by atoms with E-state index in [2.05, 4.69) is 5.32 Å². The van der Waals surface area contributed by atoms with Gasteiger partial charge in [0.05, 0.1) is 11.5 Å². The van der Waals surface area contributed by atoms with Crippen LogP contribution in [0.25, 0.3) is 0 Å². The van der Waals surface area contributed by atoms with Gasteiger partial charge in [-0.15, -0.1) is 0 Å². The normalized spacial score (nSPS) is 23.9. The van der Waals surface area contributed by atoms with Crippen molar-refractivity contribution in [2.75, 3.05) is 16.8 Å². The molecule has 1 aliphatic heterocycles. The molecular weight excluding hydrogens is 246 g/mol. The summed E-state index contributed by atoms with van der Waals surface area (Å²) in [5, 5.41) is 3.91. The smallest absolute Gasteiger partial charge is 0.152 e. The summed E-state index contributed by atoms with van der Waals surface area (Å²) >= 11 is 5.78. The van der Waals surface area contributed by atoms with Crippen LogP contribution in [0.1, 0.15) is 12.8 Å². The Hall–Kier alpha value is -0.740. The van der Waals surface area contributed by atoms with Crippen molar-refractivity contribution in [1.29, 1.82) is 0 Å². The van der Waals surface area contributed by atoms with E-state index in [-0.39, 0.29) is 11.8 Å². The molecule has 0 aromatic heterocycles. The Kier molecular flexibility index (Phi) is 3.40. The van der Waals surface area contributed by atoms with Crippen LogP contribution in [0.2, 0.25) is 5.02 Å². The molecule has 1 N–H and O–H groups in total. The largest absolute Gasteiger partial charge is 0.381 e. The van der Waals surface area contributed by atoms with E-state index in [1.54, 1.807) is 12.1 Å². The Labute approximate surface area is 101 Å². The number of benzene rings is 1. The summed E-state index contributed by atoms with van der Waals surface area (Å²) in [6.45, 7) is 0. The van der Waals surface area contributed by atoms with Crippen LogP contribution in [0.4, 0.5) is 5.69 Å². The standard InChI is InChI=1S/C11H14ClNO2S/c12-9-3-5-10(6-4-9)13-11-2-1-7-16(14,15)8-11/h3-6,11,13H,1-2,7-8H2. The summed E-state index contributed by atoms with van der Waals surface area (Å²) in [6.07, 6.45) is 1.65. The summed E-state index contributed by atoms with van der Waals surface area (Å²) in [5.41, 5.74) is 0.923. The van der Waals surface area contributed by atoms with Gasteiger partial charge < -0.3 is 5.32 Å². The Morgan fingerprint density at radius 3 is 2.56 bits per heavy atom. The van der Waals surface area contributed by atoms with Crippen molar-refractivity contribution >= 4 is 27.1 Å². The Bertz CT molecular complexity index is 455. The fraction of sp³-hybridized carbons (Fsp3) is 0.455. The highest BCUT2D eigenvalue weighted by atomic mass is 35.5. The number of hydrogen-bond acceptors (Lipinski definition) is 3. The highest BCUT2D eigenvalue weighted by Crippen LogP contribution is 2.19. The van der Waals surface area contributed by atoms with Crippen LogP contribution in [0.3, 0.4) is 0 Å². The monoisotopic (exact) mass is 259 g/mol. The number of nitrogens with one attached hydrogen (secondary N) is 1. The first kappa shape index (κ1) is 11.7. The second-order valence-electron chi connectivity index (χ2n) is 4.10. The molecule has 0 bridgehead atoms. The fourth-order valence-electron chi connectivity index (χ4n) is 1.92. The predicted molar refractivity (Wildman–Crippen MR) is 66.8 cm³/mol. The second-order valence-corrected chi connectivity index (χ2v) is 6.77. The van der Waals surface area contributed by atoms with E-state index in [1.807, 2.05) is 12.1 Å². The molecule has 1 heterocycles. The van der Waals surface area contributed by atoms with E-state index >= 15 is 0 Å². The third-order valence-electron chi connectivity index (χ3n) is 2.68. The molecule has 0 amide bonds. The van der Waals surface area contributed by atoms with Gasteiger partial charge in [0.25, 0.3) is 0 Å². The number of rotatable bonds is 2. The van der Waals surface area contributed by atoms with Gasteiger partial charge in [-0.05, 0) is 37.1 Å².